The number of esters is 1. The molecule has 3 aromatic rings. The lowest BCUT2D eigenvalue weighted by Crippen LogP contribution is -2.21. The van der Waals surface area contributed by atoms with E-state index < -0.39 is 11.9 Å². The van der Waals surface area contributed by atoms with Gasteiger partial charge in [-0.15, -0.1) is 5.10 Å². The average molecular weight is 416 g/mol. The summed E-state index contributed by atoms with van der Waals surface area (Å²) in [5, 5.41) is 17.1. The Hall–Kier alpha value is -4.45. The van der Waals surface area contributed by atoms with Crippen LogP contribution in [0.25, 0.3) is 11.3 Å². The minimum Gasteiger partial charge on any atom is -0.465 e. The Morgan fingerprint density at radius 1 is 1.23 bits per heavy atom. The van der Waals surface area contributed by atoms with Crippen LogP contribution in [0.1, 0.15) is 27.4 Å². The number of benzene rings is 2. The summed E-state index contributed by atoms with van der Waals surface area (Å²) in [4.78, 5) is 11.8. The Kier molecular flexibility index (Phi) is 4.26. The fourth-order valence-corrected chi connectivity index (χ4v) is 3.78. The number of H-pyrrole nitrogens is 1. The zero-order valence-electron chi connectivity index (χ0n) is 16.3. The zero-order valence-corrected chi connectivity index (χ0v) is 16.3. The van der Waals surface area contributed by atoms with Gasteiger partial charge in [-0.05, 0) is 35.9 Å². The van der Waals surface area contributed by atoms with Crippen LogP contribution >= 0.6 is 0 Å². The number of methoxy groups -OCH3 is 1. The first-order chi connectivity index (χ1) is 15.1. The molecule has 2 aliphatic heterocycles. The van der Waals surface area contributed by atoms with E-state index in [1.807, 2.05) is 18.2 Å². The summed E-state index contributed by atoms with van der Waals surface area (Å²) in [6.07, 6.45) is 0. The molecule has 0 spiro atoms. The van der Waals surface area contributed by atoms with Crippen LogP contribution in [0.2, 0.25) is 0 Å². The Balaban J connectivity index is 1.65. The van der Waals surface area contributed by atoms with Crippen molar-refractivity contribution in [3.8, 4) is 34.7 Å². The van der Waals surface area contributed by atoms with Crippen LogP contribution in [0.4, 0.5) is 0 Å². The van der Waals surface area contributed by atoms with Crippen molar-refractivity contribution in [1.82, 2.24) is 10.2 Å². The van der Waals surface area contributed by atoms with E-state index in [-0.39, 0.29) is 24.1 Å². The minimum atomic E-state index is -0.542. The Morgan fingerprint density at radius 2 is 2.00 bits per heavy atom. The number of carbonyl (C=O) groups is 1. The number of fused-ring (bicyclic) bond motifs is 2. The highest BCUT2D eigenvalue weighted by Gasteiger charge is 2.36. The maximum atomic E-state index is 11.8. The van der Waals surface area contributed by atoms with Gasteiger partial charge in [-0.3, -0.25) is 5.10 Å². The van der Waals surface area contributed by atoms with E-state index in [0.29, 0.717) is 28.3 Å². The van der Waals surface area contributed by atoms with Crippen LogP contribution in [0.15, 0.2) is 53.9 Å². The van der Waals surface area contributed by atoms with Gasteiger partial charge < -0.3 is 24.7 Å². The molecule has 0 saturated carbocycles. The van der Waals surface area contributed by atoms with E-state index in [0.717, 1.165) is 11.1 Å². The van der Waals surface area contributed by atoms with Crippen molar-refractivity contribution in [2.75, 3.05) is 13.9 Å². The van der Waals surface area contributed by atoms with Crippen molar-refractivity contribution in [3.63, 3.8) is 0 Å². The molecule has 2 aromatic carbocycles. The van der Waals surface area contributed by atoms with E-state index in [9.17, 15) is 10.1 Å². The first-order valence-corrected chi connectivity index (χ1v) is 9.35. The van der Waals surface area contributed by atoms with Gasteiger partial charge in [0.1, 0.15) is 11.6 Å². The highest BCUT2D eigenvalue weighted by atomic mass is 16.7. The fourth-order valence-electron chi connectivity index (χ4n) is 3.78. The molecule has 0 saturated heterocycles. The molecule has 31 heavy (non-hydrogen) atoms. The average Bonchev–Trinajstić information content (AvgIpc) is 3.43. The molecule has 0 aliphatic carbocycles. The minimum absolute atomic E-state index is 0.0132. The molecule has 9 heteroatoms. The quantitative estimate of drug-likeness (QED) is 0.623. The zero-order chi connectivity index (χ0) is 21.5. The normalized spacial score (nSPS) is 16.3. The number of aromatic nitrogens is 2. The van der Waals surface area contributed by atoms with Gasteiger partial charge >= 0.3 is 5.97 Å². The van der Waals surface area contributed by atoms with Gasteiger partial charge in [0.05, 0.1) is 29.8 Å². The molecule has 3 N–H and O–H groups in total. The predicted molar refractivity (Wildman–Crippen MR) is 107 cm³/mol. The third-order valence-electron chi connectivity index (χ3n) is 5.27. The number of nitriles is 1. The number of hydrogen-bond acceptors (Lipinski definition) is 8. The van der Waals surface area contributed by atoms with Crippen molar-refractivity contribution in [2.45, 2.75) is 5.92 Å². The largest absolute Gasteiger partial charge is 0.465 e. The first kappa shape index (κ1) is 18.6. The summed E-state index contributed by atoms with van der Waals surface area (Å²) in [5.41, 5.74) is 9.54. The number of allylic oxidation sites excluding steroid dienone is 1. The van der Waals surface area contributed by atoms with E-state index in [1.165, 1.54) is 7.11 Å². The van der Waals surface area contributed by atoms with Gasteiger partial charge in [-0.1, -0.05) is 12.1 Å². The third kappa shape index (κ3) is 2.93. The van der Waals surface area contributed by atoms with Crippen molar-refractivity contribution < 1.29 is 23.7 Å². The van der Waals surface area contributed by atoms with Gasteiger partial charge in [-0.2, -0.15) is 5.26 Å². The van der Waals surface area contributed by atoms with E-state index >= 15 is 0 Å². The molecule has 0 fully saturated rings. The summed E-state index contributed by atoms with van der Waals surface area (Å²) in [7, 11) is 1.32. The molecule has 154 valence electrons. The highest BCUT2D eigenvalue weighted by Crippen LogP contribution is 2.46. The molecule has 0 amide bonds. The lowest BCUT2D eigenvalue weighted by molar-refractivity contribution is 0.0600. The topological polar surface area (TPSA) is 132 Å². The van der Waals surface area contributed by atoms with Gasteiger partial charge in [0, 0.05) is 5.56 Å². The van der Waals surface area contributed by atoms with E-state index in [4.69, 9.17) is 24.7 Å². The second kappa shape index (κ2) is 7.11. The molecule has 5 rings (SSSR count). The maximum Gasteiger partial charge on any atom is 0.337 e. The molecule has 0 radical (unpaired) electrons. The SMILES string of the molecule is COC(=O)c1ccc([C@H]2C(C#N)=C(N)Oc3n[nH]c(-c4ccc5c(c4)OCO5)c32)cc1. The van der Waals surface area contributed by atoms with Crippen molar-refractivity contribution >= 4 is 5.97 Å². The number of ether oxygens (including phenoxy) is 4. The number of nitrogens with two attached hydrogens (primary N) is 1. The summed E-state index contributed by atoms with van der Waals surface area (Å²) in [6, 6.07) is 14.5. The predicted octanol–water partition coefficient (Wildman–Crippen LogP) is 2.81. The number of aromatic amines is 1. The van der Waals surface area contributed by atoms with Crippen LogP contribution in [-0.2, 0) is 4.74 Å². The number of rotatable bonds is 3. The van der Waals surface area contributed by atoms with E-state index in [2.05, 4.69) is 16.3 Å². The van der Waals surface area contributed by atoms with Crippen molar-refractivity contribution in [2.24, 2.45) is 5.73 Å². The Bertz CT molecular complexity index is 1270. The molecule has 0 unspecified atom stereocenters. The molecule has 1 atom stereocenters. The number of carbonyl (C=O) groups excluding carboxylic acids is 1. The fraction of sp³-hybridized carbons (Fsp3) is 0.136. The summed E-state index contributed by atoms with van der Waals surface area (Å²) in [6.45, 7) is 0.163. The van der Waals surface area contributed by atoms with E-state index in [1.54, 1.807) is 24.3 Å². The number of hydrogen-bond donors (Lipinski definition) is 2. The lowest BCUT2D eigenvalue weighted by Gasteiger charge is -2.24. The molecule has 9 nitrogen and oxygen atoms in total. The van der Waals surface area contributed by atoms with Gasteiger partial charge in [0.25, 0.3) is 0 Å². The molecule has 0 bridgehead atoms. The van der Waals surface area contributed by atoms with Crippen molar-refractivity contribution in [3.05, 3.63) is 70.6 Å². The first-order valence-electron chi connectivity index (χ1n) is 9.35. The van der Waals surface area contributed by atoms with Gasteiger partial charge in [-0.25, -0.2) is 4.79 Å². The van der Waals surface area contributed by atoms with Gasteiger partial charge in [0.2, 0.25) is 18.6 Å². The molecule has 2 aliphatic rings. The van der Waals surface area contributed by atoms with Crippen LogP contribution < -0.4 is 19.9 Å². The summed E-state index contributed by atoms with van der Waals surface area (Å²) >= 11 is 0. The Labute approximate surface area is 176 Å². The second-order valence-electron chi connectivity index (χ2n) is 6.92. The summed E-state index contributed by atoms with van der Waals surface area (Å²) in [5.74, 6) is 0.558. The molecule has 3 heterocycles. The summed E-state index contributed by atoms with van der Waals surface area (Å²) < 4.78 is 21.3. The van der Waals surface area contributed by atoms with Crippen LogP contribution in [-0.4, -0.2) is 30.1 Å². The lowest BCUT2D eigenvalue weighted by atomic mass is 9.82. The molecule has 1 aromatic heterocycles. The molecular formula is C22H16N4O5. The standard InChI is InChI=1S/C22H16N4O5/c1-28-22(27)12-4-2-11(3-5-12)17-14(9-23)20(24)31-21-18(17)19(25-26-21)13-6-7-15-16(8-13)30-10-29-15/h2-8,17H,10,24H2,1H3,(H,25,26)/t17-/m0/s1. The monoisotopic (exact) mass is 416 g/mol. The number of nitrogens with zero attached hydrogens (tertiary/aromatic N) is 2. The smallest absolute Gasteiger partial charge is 0.337 e. The highest BCUT2D eigenvalue weighted by molar-refractivity contribution is 5.89. The Morgan fingerprint density at radius 3 is 2.74 bits per heavy atom. The van der Waals surface area contributed by atoms with Crippen LogP contribution in [0.5, 0.6) is 17.4 Å². The van der Waals surface area contributed by atoms with Crippen LogP contribution in [0, 0.1) is 11.3 Å². The second-order valence-corrected chi connectivity index (χ2v) is 6.92. The molecular weight excluding hydrogens is 400 g/mol. The number of nitrogens with one attached hydrogen (secondary N) is 1. The van der Waals surface area contributed by atoms with Crippen molar-refractivity contribution in [1.29, 1.82) is 5.26 Å². The van der Waals surface area contributed by atoms with Crippen LogP contribution in [0.3, 0.4) is 0 Å². The maximum absolute atomic E-state index is 11.8. The van der Waals surface area contributed by atoms with Gasteiger partial charge in [0.15, 0.2) is 11.5 Å². The third-order valence-corrected chi connectivity index (χ3v) is 5.27.